The molecule has 2 aromatic heterocycles. The third kappa shape index (κ3) is 5.07. The van der Waals surface area contributed by atoms with Gasteiger partial charge in [0.05, 0.1) is 0 Å². The Morgan fingerprint density at radius 2 is 1.83 bits per heavy atom. The van der Waals surface area contributed by atoms with Gasteiger partial charge in [0, 0.05) is 36.2 Å². The standard InChI is InChI=1S/C20H24N8O/c1-15-11-18(27-9-3-2-4-10-27)26-20(23-15)25-17-7-5-16(6-8-17)24-19(29)12-28-14-21-13-22-28/h5-8,11,13-14H,2-4,9-10,12H2,1H3,(H,24,29)(H,23,25,26). The molecule has 0 atom stereocenters. The number of hydrogen-bond donors (Lipinski definition) is 2. The fraction of sp³-hybridized carbons (Fsp3) is 0.350. The summed E-state index contributed by atoms with van der Waals surface area (Å²) < 4.78 is 1.47. The number of nitrogens with zero attached hydrogens (tertiary/aromatic N) is 6. The van der Waals surface area contributed by atoms with Crippen molar-refractivity contribution in [2.75, 3.05) is 28.6 Å². The molecular weight excluding hydrogens is 368 g/mol. The van der Waals surface area contributed by atoms with Crippen molar-refractivity contribution in [3.05, 3.63) is 48.7 Å². The topological polar surface area (TPSA) is 101 Å². The summed E-state index contributed by atoms with van der Waals surface area (Å²) in [5.74, 6) is 1.38. The molecule has 9 heteroatoms. The van der Waals surface area contributed by atoms with Crippen LogP contribution in [0.3, 0.4) is 0 Å². The third-order valence-electron chi connectivity index (χ3n) is 4.72. The van der Waals surface area contributed by atoms with E-state index in [1.807, 2.05) is 37.3 Å². The fourth-order valence-electron chi connectivity index (χ4n) is 3.32. The maximum Gasteiger partial charge on any atom is 0.246 e. The van der Waals surface area contributed by atoms with E-state index in [1.165, 1.54) is 36.6 Å². The molecule has 1 aliphatic rings. The van der Waals surface area contributed by atoms with Crippen LogP contribution in [-0.2, 0) is 11.3 Å². The molecule has 0 aliphatic carbocycles. The molecule has 0 spiro atoms. The summed E-state index contributed by atoms with van der Waals surface area (Å²) in [6.45, 7) is 4.18. The first-order valence-electron chi connectivity index (χ1n) is 9.76. The van der Waals surface area contributed by atoms with Gasteiger partial charge in [0.1, 0.15) is 25.0 Å². The van der Waals surface area contributed by atoms with E-state index in [-0.39, 0.29) is 12.5 Å². The maximum absolute atomic E-state index is 12.0. The normalized spacial score (nSPS) is 13.9. The van der Waals surface area contributed by atoms with E-state index in [9.17, 15) is 4.79 Å². The molecule has 150 valence electrons. The lowest BCUT2D eigenvalue weighted by molar-refractivity contribution is -0.116. The number of piperidine rings is 1. The van der Waals surface area contributed by atoms with E-state index in [0.29, 0.717) is 11.6 Å². The number of carbonyl (C=O) groups excluding carboxylic acids is 1. The number of benzene rings is 1. The molecule has 0 saturated carbocycles. The number of rotatable bonds is 6. The lowest BCUT2D eigenvalue weighted by atomic mass is 10.1. The van der Waals surface area contributed by atoms with Gasteiger partial charge >= 0.3 is 0 Å². The Morgan fingerprint density at radius 1 is 1.07 bits per heavy atom. The molecule has 9 nitrogen and oxygen atoms in total. The van der Waals surface area contributed by atoms with Gasteiger partial charge in [0.25, 0.3) is 0 Å². The Bertz CT molecular complexity index is 949. The van der Waals surface area contributed by atoms with Gasteiger partial charge in [0.2, 0.25) is 11.9 Å². The van der Waals surface area contributed by atoms with Gasteiger partial charge in [-0.2, -0.15) is 10.1 Å². The van der Waals surface area contributed by atoms with Crippen LogP contribution in [0.15, 0.2) is 43.0 Å². The van der Waals surface area contributed by atoms with Gasteiger partial charge in [-0.3, -0.25) is 4.79 Å². The maximum atomic E-state index is 12.0. The van der Waals surface area contributed by atoms with E-state index >= 15 is 0 Å². The minimum absolute atomic E-state index is 0.121. The molecule has 1 aromatic carbocycles. The van der Waals surface area contributed by atoms with Gasteiger partial charge in [-0.05, 0) is 50.5 Å². The van der Waals surface area contributed by atoms with Crippen molar-refractivity contribution in [1.29, 1.82) is 0 Å². The van der Waals surface area contributed by atoms with E-state index in [0.717, 1.165) is 30.3 Å². The van der Waals surface area contributed by atoms with Crippen molar-refractivity contribution < 1.29 is 4.79 Å². The fourth-order valence-corrected chi connectivity index (χ4v) is 3.32. The average molecular weight is 392 g/mol. The monoisotopic (exact) mass is 392 g/mol. The number of aromatic nitrogens is 5. The summed E-state index contributed by atoms with van der Waals surface area (Å²) >= 11 is 0. The van der Waals surface area contributed by atoms with E-state index in [4.69, 9.17) is 0 Å². The lowest BCUT2D eigenvalue weighted by Gasteiger charge is -2.28. The molecule has 1 amide bonds. The average Bonchev–Trinajstić information content (AvgIpc) is 3.22. The van der Waals surface area contributed by atoms with Crippen LogP contribution in [0, 0.1) is 6.92 Å². The molecule has 4 rings (SSSR count). The van der Waals surface area contributed by atoms with Gasteiger partial charge in [0.15, 0.2) is 0 Å². The Morgan fingerprint density at radius 3 is 2.55 bits per heavy atom. The highest BCUT2D eigenvalue weighted by atomic mass is 16.2. The van der Waals surface area contributed by atoms with Crippen LogP contribution in [0.1, 0.15) is 25.0 Å². The van der Waals surface area contributed by atoms with Gasteiger partial charge in [-0.15, -0.1) is 0 Å². The predicted octanol–water partition coefficient (Wildman–Crippen LogP) is 2.75. The molecule has 3 heterocycles. The molecule has 29 heavy (non-hydrogen) atoms. The second kappa shape index (κ2) is 8.68. The largest absolute Gasteiger partial charge is 0.356 e. The molecule has 1 saturated heterocycles. The Labute approximate surface area is 169 Å². The third-order valence-corrected chi connectivity index (χ3v) is 4.72. The van der Waals surface area contributed by atoms with Gasteiger partial charge in [-0.25, -0.2) is 14.6 Å². The summed E-state index contributed by atoms with van der Waals surface area (Å²) in [4.78, 5) is 27.4. The van der Waals surface area contributed by atoms with Crippen molar-refractivity contribution >= 4 is 29.0 Å². The van der Waals surface area contributed by atoms with Crippen molar-refractivity contribution in [1.82, 2.24) is 24.7 Å². The predicted molar refractivity (Wildman–Crippen MR) is 111 cm³/mol. The number of aryl methyl sites for hydroxylation is 1. The van der Waals surface area contributed by atoms with Crippen LogP contribution in [0.4, 0.5) is 23.1 Å². The van der Waals surface area contributed by atoms with Crippen molar-refractivity contribution in [2.24, 2.45) is 0 Å². The molecule has 0 radical (unpaired) electrons. The van der Waals surface area contributed by atoms with Crippen LogP contribution < -0.4 is 15.5 Å². The van der Waals surface area contributed by atoms with Crippen LogP contribution in [-0.4, -0.2) is 43.7 Å². The summed E-state index contributed by atoms with van der Waals surface area (Å²) in [7, 11) is 0. The Kier molecular flexibility index (Phi) is 5.64. The number of carbonyl (C=O) groups is 1. The number of amides is 1. The van der Waals surface area contributed by atoms with E-state index in [2.05, 4.69) is 35.6 Å². The highest BCUT2D eigenvalue weighted by Gasteiger charge is 2.14. The van der Waals surface area contributed by atoms with Crippen LogP contribution in [0.25, 0.3) is 0 Å². The Balaban J connectivity index is 1.39. The molecule has 1 fully saturated rings. The van der Waals surface area contributed by atoms with Crippen LogP contribution in [0.2, 0.25) is 0 Å². The van der Waals surface area contributed by atoms with Gasteiger partial charge in [-0.1, -0.05) is 0 Å². The lowest BCUT2D eigenvalue weighted by Crippen LogP contribution is -2.30. The molecular formula is C20H24N8O. The number of hydrogen-bond acceptors (Lipinski definition) is 7. The zero-order chi connectivity index (χ0) is 20.1. The molecule has 0 bridgehead atoms. The summed E-state index contributed by atoms with van der Waals surface area (Å²) in [5.41, 5.74) is 2.49. The SMILES string of the molecule is Cc1cc(N2CCCCC2)nc(Nc2ccc(NC(=O)Cn3cncn3)cc2)n1. The van der Waals surface area contributed by atoms with Gasteiger partial charge < -0.3 is 15.5 Å². The van der Waals surface area contributed by atoms with Crippen molar-refractivity contribution in [3.63, 3.8) is 0 Å². The molecule has 0 unspecified atom stereocenters. The number of nitrogens with one attached hydrogen (secondary N) is 2. The van der Waals surface area contributed by atoms with Crippen LogP contribution >= 0.6 is 0 Å². The second-order valence-corrected chi connectivity index (χ2v) is 7.08. The molecule has 2 N–H and O–H groups in total. The minimum atomic E-state index is -0.163. The van der Waals surface area contributed by atoms with Crippen molar-refractivity contribution in [3.8, 4) is 0 Å². The Hall–Kier alpha value is -3.49. The number of anilines is 4. The summed E-state index contributed by atoms with van der Waals surface area (Å²) in [6, 6.07) is 9.48. The summed E-state index contributed by atoms with van der Waals surface area (Å²) in [5, 5.41) is 10.0. The second-order valence-electron chi connectivity index (χ2n) is 7.08. The first-order valence-corrected chi connectivity index (χ1v) is 9.76. The first-order chi connectivity index (χ1) is 14.2. The first kappa shape index (κ1) is 18.9. The highest BCUT2D eigenvalue weighted by molar-refractivity contribution is 5.90. The minimum Gasteiger partial charge on any atom is -0.356 e. The zero-order valence-electron chi connectivity index (χ0n) is 16.4. The van der Waals surface area contributed by atoms with E-state index < -0.39 is 0 Å². The van der Waals surface area contributed by atoms with Crippen molar-refractivity contribution in [2.45, 2.75) is 32.7 Å². The zero-order valence-corrected chi connectivity index (χ0v) is 16.4. The highest BCUT2D eigenvalue weighted by Crippen LogP contribution is 2.22. The quantitative estimate of drug-likeness (QED) is 0.665. The molecule has 1 aliphatic heterocycles. The summed E-state index contributed by atoms with van der Waals surface area (Å²) in [6.07, 6.45) is 6.60. The molecule has 3 aromatic rings. The van der Waals surface area contributed by atoms with E-state index in [1.54, 1.807) is 0 Å². The van der Waals surface area contributed by atoms with Crippen LogP contribution in [0.5, 0.6) is 0 Å². The smallest absolute Gasteiger partial charge is 0.246 e.